The van der Waals surface area contributed by atoms with E-state index in [0.717, 1.165) is 0 Å². The number of ether oxygens (including phenoxy) is 2. The van der Waals surface area contributed by atoms with E-state index in [0.29, 0.717) is 16.5 Å². The topological polar surface area (TPSA) is 94.8 Å². The Morgan fingerprint density at radius 1 is 1.30 bits per heavy atom. The zero-order chi connectivity index (χ0) is 17.0. The monoisotopic (exact) mass is 339 g/mol. The standard InChI is InChI=1S/C15H14ClNO6/c1-3-21-15(20)17-13(18)7-22-12-6-11-9(5-10(12)16)8(2)4-14(19)23-11/h4-6H,3,7H2,1-2H3,(H,17,18,20). The van der Waals surface area contributed by atoms with Gasteiger partial charge in [0, 0.05) is 17.5 Å². The lowest BCUT2D eigenvalue weighted by atomic mass is 10.1. The summed E-state index contributed by atoms with van der Waals surface area (Å²) in [6, 6.07) is 4.35. The summed E-state index contributed by atoms with van der Waals surface area (Å²) in [5.74, 6) is -0.530. The van der Waals surface area contributed by atoms with Gasteiger partial charge in [-0.05, 0) is 25.5 Å². The van der Waals surface area contributed by atoms with Gasteiger partial charge in [0.25, 0.3) is 5.91 Å². The molecule has 0 radical (unpaired) electrons. The number of amides is 2. The van der Waals surface area contributed by atoms with Gasteiger partial charge in [-0.3, -0.25) is 10.1 Å². The van der Waals surface area contributed by atoms with E-state index < -0.39 is 24.2 Å². The molecule has 23 heavy (non-hydrogen) atoms. The Hall–Kier alpha value is -2.54. The van der Waals surface area contributed by atoms with Crippen LogP contribution in [0, 0.1) is 6.92 Å². The van der Waals surface area contributed by atoms with E-state index in [1.54, 1.807) is 19.9 Å². The quantitative estimate of drug-likeness (QED) is 0.859. The molecule has 2 aromatic rings. The summed E-state index contributed by atoms with van der Waals surface area (Å²) in [4.78, 5) is 34.0. The first kappa shape index (κ1) is 16.8. The maximum absolute atomic E-state index is 11.5. The fourth-order valence-corrected chi connectivity index (χ4v) is 2.11. The van der Waals surface area contributed by atoms with E-state index in [1.165, 1.54) is 12.1 Å². The highest BCUT2D eigenvalue weighted by molar-refractivity contribution is 6.32. The Labute approximate surface area is 136 Å². The van der Waals surface area contributed by atoms with Crippen molar-refractivity contribution < 1.29 is 23.5 Å². The fraction of sp³-hybridized carbons (Fsp3) is 0.267. The van der Waals surface area contributed by atoms with Gasteiger partial charge in [0.05, 0.1) is 11.6 Å². The third-order valence-corrected chi connectivity index (χ3v) is 3.17. The SMILES string of the molecule is CCOC(=O)NC(=O)COc1cc2oc(=O)cc(C)c2cc1Cl. The number of rotatable bonds is 4. The summed E-state index contributed by atoms with van der Waals surface area (Å²) < 4.78 is 14.9. The highest BCUT2D eigenvalue weighted by Crippen LogP contribution is 2.30. The minimum absolute atomic E-state index is 0.148. The van der Waals surface area contributed by atoms with Crippen molar-refractivity contribution in [1.29, 1.82) is 0 Å². The number of carbonyl (C=O) groups is 2. The Morgan fingerprint density at radius 3 is 2.74 bits per heavy atom. The molecule has 0 saturated carbocycles. The second-order valence-electron chi connectivity index (χ2n) is 4.58. The van der Waals surface area contributed by atoms with Gasteiger partial charge in [-0.25, -0.2) is 9.59 Å². The fourth-order valence-electron chi connectivity index (χ4n) is 1.89. The number of carbonyl (C=O) groups excluding carboxylic acids is 2. The van der Waals surface area contributed by atoms with Crippen molar-refractivity contribution in [2.75, 3.05) is 13.2 Å². The number of imide groups is 1. The molecule has 0 aliphatic heterocycles. The summed E-state index contributed by atoms with van der Waals surface area (Å²) in [5.41, 5.74) is 0.508. The van der Waals surface area contributed by atoms with Crippen LogP contribution in [0.15, 0.2) is 27.4 Å². The summed E-state index contributed by atoms with van der Waals surface area (Å²) in [6.07, 6.45) is -0.854. The van der Waals surface area contributed by atoms with Crippen LogP contribution in [0.4, 0.5) is 4.79 Å². The molecule has 1 aromatic carbocycles. The number of alkyl carbamates (subject to hydrolysis) is 1. The second kappa shape index (κ2) is 7.15. The number of hydrogen-bond donors (Lipinski definition) is 1. The molecule has 2 amide bonds. The number of halogens is 1. The molecule has 7 nitrogen and oxygen atoms in total. The van der Waals surface area contributed by atoms with Gasteiger partial charge in [0.15, 0.2) is 6.61 Å². The predicted molar refractivity (Wildman–Crippen MR) is 82.9 cm³/mol. The van der Waals surface area contributed by atoms with E-state index in [4.69, 9.17) is 20.8 Å². The third kappa shape index (κ3) is 4.23. The van der Waals surface area contributed by atoms with Crippen LogP contribution in [0.3, 0.4) is 0 Å². The van der Waals surface area contributed by atoms with E-state index in [-0.39, 0.29) is 17.4 Å². The zero-order valence-corrected chi connectivity index (χ0v) is 13.2. The maximum atomic E-state index is 11.5. The average Bonchev–Trinajstić information content (AvgIpc) is 2.46. The van der Waals surface area contributed by atoms with Crippen LogP contribution >= 0.6 is 11.6 Å². The summed E-state index contributed by atoms with van der Waals surface area (Å²) in [7, 11) is 0. The number of fused-ring (bicyclic) bond motifs is 1. The Morgan fingerprint density at radius 2 is 2.04 bits per heavy atom. The van der Waals surface area contributed by atoms with Crippen LogP contribution in [0.1, 0.15) is 12.5 Å². The molecule has 122 valence electrons. The molecule has 8 heteroatoms. The molecule has 0 aliphatic carbocycles. The van der Waals surface area contributed by atoms with Crippen molar-refractivity contribution in [3.63, 3.8) is 0 Å². The van der Waals surface area contributed by atoms with Gasteiger partial charge >= 0.3 is 11.7 Å². The molecule has 0 unspecified atom stereocenters. The van der Waals surface area contributed by atoms with Gasteiger partial charge in [-0.2, -0.15) is 0 Å². The molecule has 0 fully saturated rings. The molecule has 0 aliphatic rings. The predicted octanol–water partition coefficient (Wildman–Crippen LogP) is 2.41. The highest BCUT2D eigenvalue weighted by atomic mass is 35.5. The number of aryl methyl sites for hydroxylation is 1. The zero-order valence-electron chi connectivity index (χ0n) is 12.5. The molecule has 0 atom stereocenters. The van der Waals surface area contributed by atoms with Crippen molar-refractivity contribution in [1.82, 2.24) is 5.32 Å². The minimum Gasteiger partial charge on any atom is -0.482 e. The first-order chi connectivity index (χ1) is 10.9. The lowest BCUT2D eigenvalue weighted by molar-refractivity contribution is -0.122. The second-order valence-corrected chi connectivity index (χ2v) is 4.99. The summed E-state index contributed by atoms with van der Waals surface area (Å²) >= 11 is 6.09. The number of nitrogens with one attached hydrogen (secondary N) is 1. The van der Waals surface area contributed by atoms with Gasteiger partial charge < -0.3 is 13.9 Å². The van der Waals surface area contributed by atoms with Crippen LogP contribution in [0.25, 0.3) is 11.0 Å². The van der Waals surface area contributed by atoms with Crippen molar-refractivity contribution in [2.45, 2.75) is 13.8 Å². The van der Waals surface area contributed by atoms with Crippen molar-refractivity contribution in [3.8, 4) is 5.75 Å². The Balaban J connectivity index is 2.14. The van der Waals surface area contributed by atoms with Crippen LogP contribution in [-0.2, 0) is 9.53 Å². The molecule has 2 rings (SSSR count). The largest absolute Gasteiger partial charge is 0.482 e. The first-order valence-corrected chi connectivity index (χ1v) is 7.12. The minimum atomic E-state index is -0.854. The highest BCUT2D eigenvalue weighted by Gasteiger charge is 2.12. The maximum Gasteiger partial charge on any atom is 0.413 e. The molecule has 0 bridgehead atoms. The van der Waals surface area contributed by atoms with E-state index in [9.17, 15) is 14.4 Å². The Kier molecular flexibility index (Phi) is 5.23. The van der Waals surface area contributed by atoms with Crippen LogP contribution in [0.5, 0.6) is 5.75 Å². The van der Waals surface area contributed by atoms with Gasteiger partial charge in [0.1, 0.15) is 11.3 Å². The van der Waals surface area contributed by atoms with E-state index in [2.05, 4.69) is 4.74 Å². The van der Waals surface area contributed by atoms with Crippen LogP contribution in [-0.4, -0.2) is 25.2 Å². The lowest BCUT2D eigenvalue weighted by Crippen LogP contribution is -2.34. The third-order valence-electron chi connectivity index (χ3n) is 2.88. The lowest BCUT2D eigenvalue weighted by Gasteiger charge is -2.09. The summed E-state index contributed by atoms with van der Waals surface area (Å²) in [6.45, 7) is 3.07. The molecular weight excluding hydrogens is 326 g/mol. The smallest absolute Gasteiger partial charge is 0.413 e. The van der Waals surface area contributed by atoms with Crippen LogP contribution < -0.4 is 15.7 Å². The first-order valence-electron chi connectivity index (χ1n) is 6.74. The average molecular weight is 340 g/mol. The molecule has 1 heterocycles. The van der Waals surface area contributed by atoms with E-state index in [1.807, 2.05) is 5.32 Å². The van der Waals surface area contributed by atoms with Crippen molar-refractivity contribution in [2.24, 2.45) is 0 Å². The Bertz CT molecular complexity index is 813. The summed E-state index contributed by atoms with van der Waals surface area (Å²) in [5, 5.41) is 2.90. The molecule has 1 aromatic heterocycles. The van der Waals surface area contributed by atoms with Gasteiger partial charge in [-0.1, -0.05) is 11.6 Å². The number of benzene rings is 1. The number of hydrogen-bond acceptors (Lipinski definition) is 6. The molecule has 0 spiro atoms. The molecule has 0 saturated heterocycles. The van der Waals surface area contributed by atoms with Gasteiger partial charge in [-0.15, -0.1) is 0 Å². The van der Waals surface area contributed by atoms with E-state index >= 15 is 0 Å². The van der Waals surface area contributed by atoms with Crippen LogP contribution in [0.2, 0.25) is 5.02 Å². The van der Waals surface area contributed by atoms with Gasteiger partial charge in [0.2, 0.25) is 0 Å². The van der Waals surface area contributed by atoms with Crippen molar-refractivity contribution in [3.05, 3.63) is 39.2 Å². The van der Waals surface area contributed by atoms with Crippen molar-refractivity contribution >= 4 is 34.6 Å². The molecular formula is C15H14ClNO6. The molecule has 1 N–H and O–H groups in total. The normalized spacial score (nSPS) is 10.4.